The Morgan fingerprint density at radius 1 is 1.13 bits per heavy atom. The topological polar surface area (TPSA) is 81.7 Å². The molecule has 1 amide bonds. The number of hydrogen-bond acceptors (Lipinski definition) is 5. The largest absolute Gasteiger partial charge is 0.485 e. The third-order valence-corrected chi connectivity index (χ3v) is 4.85. The molecule has 0 aliphatic carbocycles. The Kier molecular flexibility index (Phi) is 5.79. The number of carbonyl (C=O) groups is 1. The number of aryl methyl sites for hydroxylation is 3. The SMILES string of the molecule is Cc1ccc(C)c(OCc2ccc(C(=O)NCCCc3nnc4ccccn34)o2)c1. The quantitative estimate of drug-likeness (QED) is 0.451. The Labute approximate surface area is 174 Å². The molecule has 0 atom stereocenters. The van der Waals surface area contributed by atoms with Gasteiger partial charge in [0, 0.05) is 19.2 Å². The zero-order valence-corrected chi connectivity index (χ0v) is 17.1. The molecule has 0 saturated heterocycles. The van der Waals surface area contributed by atoms with Crippen molar-refractivity contribution < 1.29 is 13.9 Å². The summed E-state index contributed by atoms with van der Waals surface area (Å²) in [6.45, 7) is 4.82. The Hall–Kier alpha value is -3.61. The van der Waals surface area contributed by atoms with Crippen molar-refractivity contribution in [3.05, 3.63) is 83.2 Å². The molecule has 0 saturated carbocycles. The van der Waals surface area contributed by atoms with E-state index in [0.717, 1.165) is 41.2 Å². The molecule has 0 unspecified atom stereocenters. The van der Waals surface area contributed by atoms with Crippen LogP contribution >= 0.6 is 0 Å². The summed E-state index contributed by atoms with van der Waals surface area (Å²) in [5.74, 6) is 2.35. The summed E-state index contributed by atoms with van der Waals surface area (Å²) >= 11 is 0. The molecule has 0 aliphatic rings. The van der Waals surface area contributed by atoms with Crippen molar-refractivity contribution in [2.45, 2.75) is 33.3 Å². The lowest BCUT2D eigenvalue weighted by Crippen LogP contribution is -2.24. The number of rotatable bonds is 8. The molecular formula is C23H24N4O3. The van der Waals surface area contributed by atoms with Gasteiger partial charge in [0.15, 0.2) is 11.4 Å². The van der Waals surface area contributed by atoms with Crippen molar-refractivity contribution in [3.63, 3.8) is 0 Å². The van der Waals surface area contributed by atoms with E-state index >= 15 is 0 Å². The summed E-state index contributed by atoms with van der Waals surface area (Å²) in [6, 6.07) is 15.3. The minimum absolute atomic E-state index is 0.237. The maximum atomic E-state index is 12.3. The maximum Gasteiger partial charge on any atom is 0.286 e. The second-order valence-electron chi connectivity index (χ2n) is 7.23. The second kappa shape index (κ2) is 8.82. The predicted molar refractivity (Wildman–Crippen MR) is 113 cm³/mol. The minimum Gasteiger partial charge on any atom is -0.485 e. The van der Waals surface area contributed by atoms with Gasteiger partial charge in [0.2, 0.25) is 0 Å². The molecule has 30 heavy (non-hydrogen) atoms. The molecule has 0 bridgehead atoms. The summed E-state index contributed by atoms with van der Waals surface area (Å²) in [5.41, 5.74) is 3.02. The van der Waals surface area contributed by atoms with Gasteiger partial charge >= 0.3 is 0 Å². The third-order valence-electron chi connectivity index (χ3n) is 4.85. The van der Waals surface area contributed by atoms with Crippen molar-refractivity contribution in [1.29, 1.82) is 0 Å². The molecule has 7 nitrogen and oxygen atoms in total. The van der Waals surface area contributed by atoms with E-state index in [1.54, 1.807) is 12.1 Å². The van der Waals surface area contributed by atoms with Crippen LogP contribution in [0.2, 0.25) is 0 Å². The highest BCUT2D eigenvalue weighted by molar-refractivity contribution is 5.91. The number of fused-ring (bicyclic) bond motifs is 1. The maximum absolute atomic E-state index is 12.3. The van der Waals surface area contributed by atoms with E-state index in [0.29, 0.717) is 12.3 Å². The average molecular weight is 404 g/mol. The van der Waals surface area contributed by atoms with E-state index in [-0.39, 0.29) is 18.3 Å². The van der Waals surface area contributed by atoms with Crippen LogP contribution in [-0.4, -0.2) is 27.0 Å². The van der Waals surface area contributed by atoms with Gasteiger partial charge in [-0.3, -0.25) is 9.20 Å². The van der Waals surface area contributed by atoms with Crippen molar-refractivity contribution in [2.75, 3.05) is 6.54 Å². The predicted octanol–water partition coefficient (Wildman–Crippen LogP) is 3.88. The molecule has 3 heterocycles. The standard InChI is InChI=1S/C23H24N4O3/c1-16-8-9-17(2)20(14-16)29-15-18-10-11-19(30-18)23(28)24-12-5-7-22-26-25-21-6-3-4-13-27(21)22/h3-4,6,8-11,13-14H,5,7,12,15H2,1-2H3,(H,24,28). The van der Waals surface area contributed by atoms with Crippen molar-refractivity contribution >= 4 is 11.6 Å². The highest BCUT2D eigenvalue weighted by Crippen LogP contribution is 2.21. The molecule has 3 aromatic heterocycles. The van der Waals surface area contributed by atoms with E-state index in [2.05, 4.69) is 15.5 Å². The average Bonchev–Trinajstić information content (AvgIpc) is 3.39. The number of aromatic nitrogens is 3. The number of nitrogens with zero attached hydrogens (tertiary/aromatic N) is 3. The highest BCUT2D eigenvalue weighted by Gasteiger charge is 2.12. The number of ether oxygens (including phenoxy) is 1. The highest BCUT2D eigenvalue weighted by atomic mass is 16.5. The number of furan rings is 1. The molecule has 0 aliphatic heterocycles. The Bertz CT molecular complexity index is 1160. The van der Waals surface area contributed by atoms with Gasteiger partial charge in [-0.25, -0.2) is 0 Å². The number of hydrogen-bond donors (Lipinski definition) is 1. The minimum atomic E-state index is -0.237. The number of pyridine rings is 1. The lowest BCUT2D eigenvalue weighted by molar-refractivity contribution is 0.0921. The van der Waals surface area contributed by atoms with Crippen LogP contribution < -0.4 is 10.1 Å². The monoisotopic (exact) mass is 404 g/mol. The number of carbonyl (C=O) groups excluding carboxylic acids is 1. The van der Waals surface area contributed by atoms with E-state index in [1.807, 2.05) is 60.8 Å². The summed E-state index contributed by atoms with van der Waals surface area (Å²) in [4.78, 5) is 12.3. The summed E-state index contributed by atoms with van der Waals surface area (Å²) < 4.78 is 13.4. The number of nitrogens with one attached hydrogen (secondary N) is 1. The first-order valence-corrected chi connectivity index (χ1v) is 9.96. The first kappa shape index (κ1) is 19.7. The first-order valence-electron chi connectivity index (χ1n) is 9.96. The van der Waals surface area contributed by atoms with Crippen molar-refractivity contribution in [3.8, 4) is 5.75 Å². The summed E-state index contributed by atoms with van der Waals surface area (Å²) in [7, 11) is 0. The van der Waals surface area contributed by atoms with E-state index in [1.165, 1.54) is 0 Å². The smallest absolute Gasteiger partial charge is 0.286 e. The molecule has 1 N–H and O–H groups in total. The zero-order valence-electron chi connectivity index (χ0n) is 17.1. The van der Waals surface area contributed by atoms with Crippen LogP contribution in [0.5, 0.6) is 5.75 Å². The van der Waals surface area contributed by atoms with Gasteiger partial charge in [-0.15, -0.1) is 10.2 Å². The van der Waals surface area contributed by atoms with Gasteiger partial charge < -0.3 is 14.5 Å². The molecule has 0 radical (unpaired) electrons. The van der Waals surface area contributed by atoms with Gasteiger partial charge in [-0.2, -0.15) is 0 Å². The lowest BCUT2D eigenvalue weighted by Gasteiger charge is -2.08. The van der Waals surface area contributed by atoms with Crippen LogP contribution in [0.3, 0.4) is 0 Å². The zero-order chi connectivity index (χ0) is 20.9. The van der Waals surface area contributed by atoms with E-state index in [4.69, 9.17) is 9.15 Å². The normalized spacial score (nSPS) is 11.0. The van der Waals surface area contributed by atoms with Gasteiger partial charge in [0.05, 0.1) is 0 Å². The van der Waals surface area contributed by atoms with Gasteiger partial charge in [0.1, 0.15) is 23.9 Å². The van der Waals surface area contributed by atoms with Crippen LogP contribution in [0, 0.1) is 13.8 Å². The molecule has 0 fully saturated rings. The second-order valence-corrected chi connectivity index (χ2v) is 7.23. The summed E-state index contributed by atoms with van der Waals surface area (Å²) in [6.07, 6.45) is 3.41. The number of amides is 1. The van der Waals surface area contributed by atoms with Gasteiger partial charge in [0.25, 0.3) is 5.91 Å². The molecular weight excluding hydrogens is 380 g/mol. The van der Waals surface area contributed by atoms with Gasteiger partial charge in [-0.1, -0.05) is 18.2 Å². The third kappa shape index (κ3) is 4.51. The van der Waals surface area contributed by atoms with Crippen LogP contribution in [0.15, 0.2) is 59.1 Å². The number of benzene rings is 1. The first-order chi connectivity index (χ1) is 14.6. The molecule has 1 aromatic carbocycles. The fourth-order valence-electron chi connectivity index (χ4n) is 3.19. The van der Waals surface area contributed by atoms with Crippen LogP contribution in [0.25, 0.3) is 5.65 Å². The Morgan fingerprint density at radius 2 is 2.03 bits per heavy atom. The van der Waals surface area contributed by atoms with Crippen LogP contribution in [0.1, 0.15) is 39.7 Å². The molecule has 0 spiro atoms. The van der Waals surface area contributed by atoms with Crippen molar-refractivity contribution in [2.24, 2.45) is 0 Å². The van der Waals surface area contributed by atoms with Crippen molar-refractivity contribution in [1.82, 2.24) is 19.9 Å². The van der Waals surface area contributed by atoms with E-state index in [9.17, 15) is 4.79 Å². The Morgan fingerprint density at radius 3 is 2.93 bits per heavy atom. The van der Waals surface area contributed by atoms with Gasteiger partial charge in [-0.05, 0) is 61.7 Å². The van der Waals surface area contributed by atoms with Crippen LogP contribution in [0.4, 0.5) is 0 Å². The molecule has 4 aromatic rings. The van der Waals surface area contributed by atoms with E-state index < -0.39 is 0 Å². The molecule has 154 valence electrons. The fraction of sp³-hybridized carbons (Fsp3) is 0.261. The summed E-state index contributed by atoms with van der Waals surface area (Å²) in [5, 5.41) is 11.2. The molecule has 4 rings (SSSR count). The molecule has 7 heteroatoms. The van der Waals surface area contributed by atoms with Crippen LogP contribution in [-0.2, 0) is 13.0 Å². The Balaban J connectivity index is 1.25. The lowest BCUT2D eigenvalue weighted by atomic mass is 10.1. The fourth-order valence-corrected chi connectivity index (χ4v) is 3.19.